The molecule has 0 spiro atoms. The van der Waals surface area contributed by atoms with Crippen LogP contribution in [0.2, 0.25) is 0 Å². The highest BCUT2D eigenvalue weighted by Crippen LogP contribution is 2.42. The standard InChI is InChI=1S/C13H26N2/c1-10-6-12(10)8-15(3)13(2,9-14)7-11-4-5-11/h10-12H,4-9,14H2,1-3H3. The van der Waals surface area contributed by atoms with Crippen LogP contribution in [0.1, 0.15) is 39.5 Å². The Balaban J connectivity index is 1.85. The Morgan fingerprint density at radius 2 is 2.00 bits per heavy atom. The van der Waals surface area contributed by atoms with Gasteiger partial charge < -0.3 is 5.73 Å². The highest BCUT2D eigenvalue weighted by molar-refractivity contribution is 4.94. The van der Waals surface area contributed by atoms with Gasteiger partial charge in [-0.3, -0.25) is 4.90 Å². The molecule has 15 heavy (non-hydrogen) atoms. The smallest absolute Gasteiger partial charge is 0.0303 e. The predicted octanol–water partition coefficient (Wildman–Crippen LogP) is 2.09. The van der Waals surface area contributed by atoms with Crippen molar-refractivity contribution in [2.45, 2.75) is 45.1 Å². The van der Waals surface area contributed by atoms with E-state index in [1.807, 2.05) is 0 Å². The zero-order valence-corrected chi connectivity index (χ0v) is 10.5. The minimum atomic E-state index is 0.253. The topological polar surface area (TPSA) is 29.3 Å². The van der Waals surface area contributed by atoms with Crippen molar-refractivity contribution < 1.29 is 0 Å². The number of hydrogen-bond donors (Lipinski definition) is 1. The van der Waals surface area contributed by atoms with Gasteiger partial charge in [0, 0.05) is 18.6 Å². The first-order valence-corrected chi connectivity index (χ1v) is 6.46. The average Bonchev–Trinajstić information content (AvgIpc) is 3.08. The van der Waals surface area contributed by atoms with E-state index in [2.05, 4.69) is 25.8 Å². The third-order valence-electron chi connectivity index (χ3n) is 4.57. The lowest BCUT2D eigenvalue weighted by molar-refractivity contribution is 0.120. The van der Waals surface area contributed by atoms with Crippen LogP contribution in [0.25, 0.3) is 0 Å². The van der Waals surface area contributed by atoms with Crippen LogP contribution in [0.15, 0.2) is 0 Å². The van der Waals surface area contributed by atoms with Crippen LogP contribution >= 0.6 is 0 Å². The molecule has 0 amide bonds. The van der Waals surface area contributed by atoms with Gasteiger partial charge in [-0.15, -0.1) is 0 Å². The summed E-state index contributed by atoms with van der Waals surface area (Å²) in [6.07, 6.45) is 5.60. The van der Waals surface area contributed by atoms with Gasteiger partial charge in [0.15, 0.2) is 0 Å². The van der Waals surface area contributed by atoms with E-state index in [4.69, 9.17) is 5.73 Å². The van der Waals surface area contributed by atoms with Crippen molar-refractivity contribution in [1.82, 2.24) is 4.90 Å². The van der Waals surface area contributed by atoms with Crippen molar-refractivity contribution in [3.05, 3.63) is 0 Å². The first-order valence-electron chi connectivity index (χ1n) is 6.46. The third kappa shape index (κ3) is 2.73. The summed E-state index contributed by atoms with van der Waals surface area (Å²) < 4.78 is 0. The van der Waals surface area contributed by atoms with E-state index in [0.29, 0.717) is 0 Å². The van der Waals surface area contributed by atoms with Gasteiger partial charge in [0.25, 0.3) is 0 Å². The van der Waals surface area contributed by atoms with Crippen LogP contribution < -0.4 is 5.73 Å². The molecule has 0 aliphatic heterocycles. The Hall–Kier alpha value is -0.0800. The van der Waals surface area contributed by atoms with E-state index >= 15 is 0 Å². The molecular formula is C13H26N2. The zero-order valence-electron chi connectivity index (χ0n) is 10.5. The lowest BCUT2D eigenvalue weighted by Gasteiger charge is -2.38. The maximum Gasteiger partial charge on any atom is 0.0303 e. The number of hydrogen-bond acceptors (Lipinski definition) is 2. The largest absolute Gasteiger partial charge is 0.329 e. The molecule has 0 aromatic carbocycles. The molecule has 0 radical (unpaired) electrons. The molecule has 2 N–H and O–H groups in total. The highest BCUT2D eigenvalue weighted by Gasteiger charge is 2.39. The van der Waals surface area contributed by atoms with Crippen molar-refractivity contribution in [2.24, 2.45) is 23.5 Å². The molecule has 88 valence electrons. The Morgan fingerprint density at radius 3 is 2.40 bits per heavy atom. The summed E-state index contributed by atoms with van der Waals surface area (Å²) in [5.74, 6) is 2.87. The van der Waals surface area contributed by atoms with Gasteiger partial charge in [-0.1, -0.05) is 19.8 Å². The maximum absolute atomic E-state index is 5.97. The van der Waals surface area contributed by atoms with E-state index in [1.165, 1.54) is 32.2 Å². The van der Waals surface area contributed by atoms with Gasteiger partial charge in [-0.25, -0.2) is 0 Å². The van der Waals surface area contributed by atoms with E-state index in [9.17, 15) is 0 Å². The van der Waals surface area contributed by atoms with E-state index in [1.54, 1.807) is 0 Å². The predicted molar refractivity (Wildman–Crippen MR) is 64.7 cm³/mol. The van der Waals surface area contributed by atoms with Gasteiger partial charge in [0.1, 0.15) is 0 Å². The van der Waals surface area contributed by atoms with Crippen LogP contribution in [-0.2, 0) is 0 Å². The third-order valence-corrected chi connectivity index (χ3v) is 4.57. The summed E-state index contributed by atoms with van der Waals surface area (Å²) in [6.45, 7) is 6.76. The van der Waals surface area contributed by atoms with Gasteiger partial charge in [0.2, 0.25) is 0 Å². The molecule has 2 aliphatic rings. The normalized spacial score (nSPS) is 34.2. The van der Waals surface area contributed by atoms with Crippen molar-refractivity contribution >= 4 is 0 Å². The Bertz CT molecular complexity index is 225. The van der Waals surface area contributed by atoms with Gasteiger partial charge in [-0.05, 0) is 44.6 Å². The molecule has 3 unspecified atom stereocenters. The molecule has 2 nitrogen and oxygen atoms in total. The second-order valence-corrected chi connectivity index (χ2v) is 6.20. The van der Waals surface area contributed by atoms with Crippen LogP contribution in [0.3, 0.4) is 0 Å². The van der Waals surface area contributed by atoms with Gasteiger partial charge >= 0.3 is 0 Å². The first kappa shape index (κ1) is 11.4. The molecule has 2 rings (SSSR count). The number of nitrogens with two attached hydrogens (primary N) is 1. The van der Waals surface area contributed by atoms with E-state index in [0.717, 1.165) is 24.3 Å². The highest BCUT2D eigenvalue weighted by atomic mass is 15.2. The van der Waals surface area contributed by atoms with Crippen molar-refractivity contribution in [3.8, 4) is 0 Å². The summed E-state index contributed by atoms with van der Waals surface area (Å²) in [5.41, 5.74) is 6.23. The average molecular weight is 210 g/mol. The molecule has 2 saturated carbocycles. The molecule has 0 heterocycles. The summed E-state index contributed by atoms with van der Waals surface area (Å²) in [5, 5.41) is 0. The Kier molecular flexibility index (Phi) is 3.09. The lowest BCUT2D eigenvalue weighted by atomic mass is 9.92. The summed E-state index contributed by atoms with van der Waals surface area (Å²) in [6, 6.07) is 0. The monoisotopic (exact) mass is 210 g/mol. The number of nitrogens with zero attached hydrogens (tertiary/aromatic N) is 1. The Morgan fingerprint density at radius 1 is 1.40 bits per heavy atom. The first-order chi connectivity index (χ1) is 7.05. The van der Waals surface area contributed by atoms with Gasteiger partial charge in [-0.2, -0.15) is 0 Å². The molecule has 0 saturated heterocycles. The molecule has 3 atom stereocenters. The van der Waals surface area contributed by atoms with Crippen molar-refractivity contribution in [1.29, 1.82) is 0 Å². The van der Waals surface area contributed by atoms with E-state index in [-0.39, 0.29) is 5.54 Å². The fraction of sp³-hybridized carbons (Fsp3) is 1.00. The fourth-order valence-electron chi connectivity index (χ4n) is 2.56. The molecule has 2 fully saturated rings. The molecule has 2 aliphatic carbocycles. The van der Waals surface area contributed by atoms with Crippen molar-refractivity contribution in [2.75, 3.05) is 20.1 Å². The van der Waals surface area contributed by atoms with Crippen LogP contribution in [0.4, 0.5) is 0 Å². The molecule has 2 heteroatoms. The minimum Gasteiger partial charge on any atom is -0.329 e. The van der Waals surface area contributed by atoms with Gasteiger partial charge in [0.05, 0.1) is 0 Å². The van der Waals surface area contributed by atoms with Crippen molar-refractivity contribution in [3.63, 3.8) is 0 Å². The number of rotatable bonds is 6. The molecule has 0 aromatic rings. The minimum absolute atomic E-state index is 0.253. The van der Waals surface area contributed by atoms with Crippen LogP contribution in [0.5, 0.6) is 0 Å². The maximum atomic E-state index is 5.97. The second kappa shape index (κ2) is 4.06. The molecule has 0 bridgehead atoms. The second-order valence-electron chi connectivity index (χ2n) is 6.20. The van der Waals surface area contributed by atoms with E-state index < -0.39 is 0 Å². The number of likely N-dealkylation sites (N-methyl/N-ethyl adjacent to an activating group) is 1. The molecule has 0 aromatic heterocycles. The Labute approximate surface area is 94.2 Å². The lowest BCUT2D eigenvalue weighted by Crippen LogP contribution is -2.50. The fourth-order valence-corrected chi connectivity index (χ4v) is 2.56. The van der Waals surface area contributed by atoms with Crippen LogP contribution in [-0.4, -0.2) is 30.6 Å². The quantitative estimate of drug-likeness (QED) is 0.727. The zero-order chi connectivity index (χ0) is 11.1. The van der Waals surface area contributed by atoms with Crippen LogP contribution in [0, 0.1) is 17.8 Å². The molecular weight excluding hydrogens is 184 g/mol. The summed E-state index contributed by atoms with van der Waals surface area (Å²) in [4.78, 5) is 2.53. The summed E-state index contributed by atoms with van der Waals surface area (Å²) >= 11 is 0. The summed E-state index contributed by atoms with van der Waals surface area (Å²) in [7, 11) is 2.26. The SMILES string of the molecule is CC1CC1CN(C)C(C)(CN)CC1CC1.